The number of carbonyl (C=O) groups is 2. The van der Waals surface area contributed by atoms with Gasteiger partial charge in [-0.15, -0.1) is 0 Å². The second kappa shape index (κ2) is 7.59. The Labute approximate surface area is 151 Å². The number of hydrogen-bond acceptors (Lipinski definition) is 5. The Kier molecular flexibility index (Phi) is 5.46. The molecular formula is C18H23N2O4S+. The maximum Gasteiger partial charge on any atom is 0.290 e. The van der Waals surface area contributed by atoms with E-state index in [2.05, 4.69) is 12.2 Å². The predicted molar refractivity (Wildman–Crippen MR) is 95.6 cm³/mol. The largest absolute Gasteiger partial charge is 0.487 e. The number of thioether (sulfide) groups is 1. The first-order valence-electron chi connectivity index (χ1n) is 8.48. The molecule has 0 atom stereocenters. The van der Waals surface area contributed by atoms with Crippen LogP contribution < -0.4 is 15.5 Å². The van der Waals surface area contributed by atoms with Crippen LogP contribution in [0.25, 0.3) is 6.08 Å². The van der Waals surface area contributed by atoms with Crippen molar-refractivity contribution in [2.24, 2.45) is 5.41 Å². The molecule has 6 nitrogen and oxygen atoms in total. The summed E-state index contributed by atoms with van der Waals surface area (Å²) >= 11 is 0.872. The Hall–Kier alpha value is -1.83. The minimum Gasteiger partial charge on any atom is -0.487 e. The average Bonchev–Trinajstić information content (AvgIpc) is 2.91. The second-order valence-corrected chi connectivity index (χ2v) is 7.95. The standard InChI is InChI=1S/C18H22N2O4S/c1-18(7-3-2-4-8-18)11-24-14-6-5-12(9-13(14)20-23)10-15-16(21)19-17(22)25-15/h5-6,9-10,20,23H,2-4,7-8,11H2,1H3,(H,19,21,22)/p+1/b15-10-. The lowest BCUT2D eigenvalue weighted by Crippen LogP contribution is -2.73. The van der Waals surface area contributed by atoms with Crippen LogP contribution in [0.4, 0.5) is 10.5 Å². The highest BCUT2D eigenvalue weighted by Gasteiger charge is 2.28. The number of imide groups is 1. The van der Waals surface area contributed by atoms with E-state index in [0.29, 0.717) is 22.9 Å². The number of amides is 2. The Balaban J connectivity index is 1.72. The van der Waals surface area contributed by atoms with Crippen molar-refractivity contribution >= 4 is 34.7 Å². The fourth-order valence-corrected chi connectivity index (χ4v) is 3.95. The van der Waals surface area contributed by atoms with E-state index in [1.807, 2.05) is 6.07 Å². The molecule has 2 amide bonds. The van der Waals surface area contributed by atoms with Gasteiger partial charge in [-0.2, -0.15) is 5.48 Å². The van der Waals surface area contributed by atoms with E-state index in [-0.39, 0.29) is 10.7 Å². The van der Waals surface area contributed by atoms with Crippen LogP contribution >= 0.6 is 11.8 Å². The molecule has 1 aromatic rings. The van der Waals surface area contributed by atoms with Crippen molar-refractivity contribution in [3.05, 3.63) is 28.7 Å². The fourth-order valence-electron chi connectivity index (χ4n) is 3.26. The van der Waals surface area contributed by atoms with Gasteiger partial charge in [-0.05, 0) is 42.3 Å². The molecule has 134 valence electrons. The summed E-state index contributed by atoms with van der Waals surface area (Å²) in [5, 5.41) is 11.4. The van der Waals surface area contributed by atoms with Crippen molar-refractivity contribution < 1.29 is 25.0 Å². The van der Waals surface area contributed by atoms with Gasteiger partial charge in [0.25, 0.3) is 11.1 Å². The number of nitrogens with two attached hydrogens (primary N) is 1. The zero-order chi connectivity index (χ0) is 17.9. The molecular weight excluding hydrogens is 340 g/mol. The molecule has 3 rings (SSSR count). The topological polar surface area (TPSA) is 92.2 Å². The van der Waals surface area contributed by atoms with Crippen LogP contribution in [0.15, 0.2) is 23.1 Å². The van der Waals surface area contributed by atoms with E-state index in [0.717, 1.165) is 35.6 Å². The highest BCUT2D eigenvalue weighted by Crippen LogP contribution is 2.37. The first kappa shape index (κ1) is 18.0. The van der Waals surface area contributed by atoms with Crippen LogP contribution in [0, 0.1) is 5.41 Å². The molecule has 2 aliphatic rings. The van der Waals surface area contributed by atoms with E-state index >= 15 is 0 Å². The summed E-state index contributed by atoms with van der Waals surface area (Å²) in [6, 6.07) is 5.34. The van der Waals surface area contributed by atoms with Crippen molar-refractivity contribution in [3.8, 4) is 5.75 Å². The molecule has 7 heteroatoms. The number of nitrogens with one attached hydrogen (secondary N) is 1. The van der Waals surface area contributed by atoms with Gasteiger partial charge in [0.05, 0.1) is 11.5 Å². The van der Waals surface area contributed by atoms with Gasteiger partial charge in [-0.1, -0.05) is 32.3 Å². The maximum absolute atomic E-state index is 11.6. The third-order valence-corrected chi connectivity index (χ3v) is 5.56. The third kappa shape index (κ3) is 4.42. The summed E-state index contributed by atoms with van der Waals surface area (Å²) < 4.78 is 5.98. The van der Waals surface area contributed by atoms with Gasteiger partial charge >= 0.3 is 0 Å². The average molecular weight is 363 g/mol. The molecule has 4 N–H and O–H groups in total. The summed E-state index contributed by atoms with van der Waals surface area (Å²) in [6.45, 7) is 2.88. The molecule has 0 bridgehead atoms. The summed E-state index contributed by atoms with van der Waals surface area (Å²) in [5.41, 5.74) is 2.48. The summed E-state index contributed by atoms with van der Waals surface area (Å²) in [6.07, 6.45) is 7.73. The van der Waals surface area contributed by atoms with Crippen molar-refractivity contribution in [2.45, 2.75) is 39.0 Å². The van der Waals surface area contributed by atoms with Crippen molar-refractivity contribution in [1.82, 2.24) is 5.32 Å². The molecule has 1 aliphatic heterocycles. The third-order valence-electron chi connectivity index (χ3n) is 4.75. The lowest BCUT2D eigenvalue weighted by atomic mass is 9.76. The fraction of sp³-hybridized carbons (Fsp3) is 0.444. The van der Waals surface area contributed by atoms with Crippen molar-refractivity contribution in [2.75, 3.05) is 6.61 Å². The molecule has 0 radical (unpaired) electrons. The highest BCUT2D eigenvalue weighted by atomic mass is 32.2. The zero-order valence-electron chi connectivity index (χ0n) is 14.2. The molecule has 1 aliphatic carbocycles. The van der Waals surface area contributed by atoms with E-state index < -0.39 is 5.91 Å². The Bertz CT molecular complexity index is 711. The summed E-state index contributed by atoms with van der Waals surface area (Å²) in [7, 11) is 0. The van der Waals surface area contributed by atoms with Gasteiger partial charge in [0.2, 0.25) is 5.69 Å². The van der Waals surface area contributed by atoms with Crippen LogP contribution in [0.1, 0.15) is 44.6 Å². The van der Waals surface area contributed by atoms with Crippen LogP contribution in [0.2, 0.25) is 0 Å². The minimum absolute atomic E-state index is 0.185. The Morgan fingerprint density at radius 2 is 2.08 bits per heavy atom. The van der Waals surface area contributed by atoms with Crippen LogP contribution in [-0.4, -0.2) is 23.0 Å². The normalized spacial score (nSPS) is 21.4. The van der Waals surface area contributed by atoms with Gasteiger partial charge in [0.15, 0.2) is 5.75 Å². The molecule has 1 aromatic carbocycles. The Morgan fingerprint density at radius 3 is 2.72 bits per heavy atom. The zero-order valence-corrected chi connectivity index (χ0v) is 15.0. The predicted octanol–water partition coefficient (Wildman–Crippen LogP) is 2.94. The van der Waals surface area contributed by atoms with Gasteiger partial charge in [0.1, 0.15) is 0 Å². The maximum atomic E-state index is 11.6. The molecule has 0 aromatic heterocycles. The number of hydrogen-bond donors (Lipinski definition) is 3. The SMILES string of the molecule is CC1(COc2ccc(/C=C3\SC(=O)NC3=O)cc2[NH2+]O)CCCCC1. The van der Waals surface area contributed by atoms with Crippen LogP contribution in [0.5, 0.6) is 5.75 Å². The van der Waals surface area contributed by atoms with Gasteiger partial charge in [-0.3, -0.25) is 14.9 Å². The lowest BCUT2D eigenvalue weighted by Gasteiger charge is -2.33. The molecule has 2 fully saturated rings. The molecule has 1 saturated carbocycles. The van der Waals surface area contributed by atoms with Crippen LogP contribution in [-0.2, 0) is 4.79 Å². The lowest BCUT2D eigenvalue weighted by molar-refractivity contribution is -0.826. The van der Waals surface area contributed by atoms with Crippen molar-refractivity contribution in [1.29, 1.82) is 0 Å². The second-order valence-electron chi connectivity index (χ2n) is 6.94. The molecule has 1 saturated heterocycles. The van der Waals surface area contributed by atoms with E-state index in [1.165, 1.54) is 19.3 Å². The molecule has 1 heterocycles. The number of carbonyl (C=O) groups excluding carboxylic acids is 2. The van der Waals surface area contributed by atoms with Gasteiger partial charge < -0.3 is 4.74 Å². The van der Waals surface area contributed by atoms with E-state index in [1.54, 1.807) is 18.2 Å². The van der Waals surface area contributed by atoms with Gasteiger partial charge in [0, 0.05) is 11.5 Å². The number of rotatable bonds is 5. The summed E-state index contributed by atoms with van der Waals surface area (Å²) in [4.78, 5) is 23.2. The molecule has 25 heavy (non-hydrogen) atoms. The Morgan fingerprint density at radius 1 is 1.32 bits per heavy atom. The first-order chi connectivity index (χ1) is 12.0. The minimum atomic E-state index is -0.393. The van der Waals surface area contributed by atoms with Gasteiger partial charge in [-0.25, -0.2) is 5.21 Å². The van der Waals surface area contributed by atoms with E-state index in [4.69, 9.17) is 4.74 Å². The quantitative estimate of drug-likeness (QED) is 0.425. The summed E-state index contributed by atoms with van der Waals surface area (Å²) in [5.74, 6) is 0.228. The number of quaternary nitrogens is 1. The van der Waals surface area contributed by atoms with Crippen LogP contribution in [0.3, 0.4) is 0 Å². The molecule has 0 spiro atoms. The van der Waals surface area contributed by atoms with E-state index in [9.17, 15) is 14.8 Å². The first-order valence-corrected chi connectivity index (χ1v) is 9.30. The molecule has 0 unspecified atom stereocenters. The van der Waals surface area contributed by atoms with Crippen molar-refractivity contribution in [3.63, 3.8) is 0 Å². The highest BCUT2D eigenvalue weighted by molar-refractivity contribution is 8.18. The number of benzene rings is 1. The number of ether oxygens (including phenoxy) is 1. The monoisotopic (exact) mass is 363 g/mol. The smallest absolute Gasteiger partial charge is 0.290 e.